The fraction of sp³-hybridized carbons (Fsp3) is 0.545. The maximum absolute atomic E-state index is 11.0. The highest BCUT2D eigenvalue weighted by Crippen LogP contribution is 2.48. The van der Waals surface area contributed by atoms with Crippen LogP contribution in [0, 0.1) is 5.92 Å². The minimum Gasteiger partial charge on any atom is -0.317 e. The van der Waals surface area contributed by atoms with Crippen molar-refractivity contribution in [3.63, 3.8) is 0 Å². The van der Waals surface area contributed by atoms with Gasteiger partial charge in [-0.2, -0.15) is 0 Å². The molecule has 9 heteroatoms. The van der Waals surface area contributed by atoms with Crippen molar-refractivity contribution in [2.24, 2.45) is 5.92 Å². The van der Waals surface area contributed by atoms with Gasteiger partial charge in [-0.1, -0.05) is 12.2 Å². The Bertz CT molecular complexity index is 658. The third-order valence-corrected chi connectivity index (χ3v) is 4.46. The van der Waals surface area contributed by atoms with E-state index in [1.165, 1.54) is 6.33 Å². The van der Waals surface area contributed by atoms with Gasteiger partial charge in [0.15, 0.2) is 5.65 Å². The molecule has 3 rings (SSSR count). The first-order valence-electron chi connectivity index (χ1n) is 6.35. The topological polar surface area (TPSA) is 90.1 Å². The molecule has 0 saturated heterocycles. The summed E-state index contributed by atoms with van der Waals surface area (Å²) in [6.45, 7) is -3.42. The number of imidazole rings is 1. The van der Waals surface area contributed by atoms with E-state index in [2.05, 4.69) is 31.8 Å². The number of thiol groups is 1. The summed E-state index contributed by atoms with van der Waals surface area (Å²) >= 11 is 3.51. The second-order valence-corrected chi connectivity index (χ2v) is 7.76. The van der Waals surface area contributed by atoms with E-state index < -0.39 is 6.80 Å². The molecule has 1 saturated carbocycles. The van der Waals surface area contributed by atoms with E-state index in [0.29, 0.717) is 6.04 Å². The molecule has 0 spiro atoms. The van der Waals surface area contributed by atoms with Crippen LogP contribution in [0.25, 0.3) is 11.2 Å². The van der Waals surface area contributed by atoms with Crippen LogP contribution in [0.2, 0.25) is 0 Å². The van der Waals surface area contributed by atoms with Crippen LogP contribution in [0.3, 0.4) is 0 Å². The Morgan fingerprint density at radius 1 is 1.50 bits per heavy atom. The summed E-state index contributed by atoms with van der Waals surface area (Å²) < 4.78 is 18.0. The predicted octanol–water partition coefficient (Wildman–Crippen LogP) is 2.21. The molecule has 1 fully saturated rings. The van der Waals surface area contributed by atoms with Crippen molar-refractivity contribution in [2.45, 2.75) is 25.3 Å². The van der Waals surface area contributed by atoms with E-state index in [1.807, 2.05) is 0 Å². The van der Waals surface area contributed by atoms with Crippen molar-refractivity contribution < 1.29 is 14.0 Å². The molecule has 20 heavy (non-hydrogen) atoms. The van der Waals surface area contributed by atoms with E-state index >= 15 is 0 Å². The summed E-state index contributed by atoms with van der Waals surface area (Å²) in [5, 5.41) is 0. The molecule has 7 nitrogen and oxygen atoms in total. The van der Waals surface area contributed by atoms with Crippen LogP contribution in [0.1, 0.15) is 25.3 Å². The maximum Gasteiger partial charge on any atom is 0.383 e. The second-order valence-electron chi connectivity index (χ2n) is 5.00. The van der Waals surface area contributed by atoms with Gasteiger partial charge in [0.2, 0.25) is 0 Å². The van der Waals surface area contributed by atoms with Crippen molar-refractivity contribution in [3.05, 3.63) is 18.9 Å². The number of fused-ring (bicyclic) bond motifs is 1. The first-order valence-corrected chi connectivity index (χ1v) is 9.08. The van der Waals surface area contributed by atoms with Crippen molar-refractivity contribution in [1.29, 1.82) is 0 Å². The lowest BCUT2D eigenvalue weighted by Crippen LogP contribution is -2.07. The molecule has 2 heterocycles. The molecular weight excluding hydrogens is 299 g/mol. The third kappa shape index (κ3) is 3.03. The zero-order valence-electron chi connectivity index (χ0n) is 10.7. The normalized spacial score (nSPS) is 25.9. The Balaban J connectivity index is 1.69. The van der Waals surface area contributed by atoms with Crippen LogP contribution in [-0.4, -0.2) is 31.0 Å². The van der Waals surface area contributed by atoms with Gasteiger partial charge >= 0.3 is 6.80 Å². The molecule has 0 aromatic carbocycles. The summed E-state index contributed by atoms with van der Waals surface area (Å²) in [7, 11) is 0. The molecule has 2 aromatic rings. The fourth-order valence-electron chi connectivity index (χ4n) is 2.71. The summed E-state index contributed by atoms with van der Waals surface area (Å²) in [5.41, 5.74) is 1.61. The van der Waals surface area contributed by atoms with Crippen LogP contribution >= 0.6 is 19.0 Å². The standard InChI is InChI=1S/C11H15N4O3PS/c16-19(17,20)18-5-8-1-2-9(3-8)15-7-14-10-4-12-6-13-11(10)15/h4,6-9H,1-3,5H2,(H2,16,17,20)/t8-,9+/m1/s1. The highest BCUT2D eigenvalue weighted by molar-refractivity contribution is 8.44. The molecule has 2 aromatic heterocycles. The Morgan fingerprint density at radius 3 is 3.15 bits per heavy atom. The lowest BCUT2D eigenvalue weighted by molar-refractivity contribution is 0.226. The Labute approximate surface area is 121 Å². The molecule has 1 aliphatic carbocycles. The number of aromatic nitrogens is 4. The van der Waals surface area contributed by atoms with Crippen molar-refractivity contribution in [3.8, 4) is 0 Å². The molecule has 1 aliphatic rings. The van der Waals surface area contributed by atoms with E-state index in [4.69, 9.17) is 9.42 Å². The van der Waals surface area contributed by atoms with Crippen LogP contribution in [-0.2, 0) is 9.09 Å². The van der Waals surface area contributed by atoms with Crippen LogP contribution in [0.4, 0.5) is 0 Å². The number of rotatable bonds is 4. The summed E-state index contributed by atoms with van der Waals surface area (Å²) in [6.07, 6.45) is 7.79. The second kappa shape index (κ2) is 5.44. The number of hydrogen-bond acceptors (Lipinski definition) is 5. The monoisotopic (exact) mass is 314 g/mol. The van der Waals surface area contributed by atoms with Crippen LogP contribution in [0.15, 0.2) is 18.9 Å². The van der Waals surface area contributed by atoms with Gasteiger partial charge in [0.1, 0.15) is 11.8 Å². The minimum atomic E-state index is -3.68. The van der Waals surface area contributed by atoms with Gasteiger partial charge in [-0.25, -0.2) is 19.5 Å². The molecule has 1 unspecified atom stereocenters. The molecule has 0 aliphatic heterocycles. The Kier molecular flexibility index (Phi) is 3.81. The fourth-order valence-corrected chi connectivity index (χ4v) is 3.31. The van der Waals surface area contributed by atoms with Gasteiger partial charge in [-0.05, 0) is 25.2 Å². The molecule has 0 amide bonds. The highest BCUT2D eigenvalue weighted by atomic mass is 32.7. The highest BCUT2D eigenvalue weighted by Gasteiger charge is 2.28. The van der Waals surface area contributed by atoms with Crippen molar-refractivity contribution in [1.82, 2.24) is 19.5 Å². The summed E-state index contributed by atoms with van der Waals surface area (Å²) in [5.74, 6) is 0.256. The molecular formula is C11H15N4O3PS. The van der Waals surface area contributed by atoms with E-state index in [1.54, 1.807) is 12.5 Å². The quantitative estimate of drug-likeness (QED) is 0.664. The average Bonchev–Trinajstić information content (AvgIpc) is 3.01. The van der Waals surface area contributed by atoms with Crippen molar-refractivity contribution >= 4 is 30.2 Å². The third-order valence-electron chi connectivity index (χ3n) is 3.62. The first kappa shape index (κ1) is 14.0. The zero-order valence-corrected chi connectivity index (χ0v) is 12.5. The molecule has 0 bridgehead atoms. The van der Waals surface area contributed by atoms with Gasteiger partial charge in [0.25, 0.3) is 0 Å². The molecule has 0 radical (unpaired) electrons. The SMILES string of the molecule is O=P(O)(S)OC[C@@H]1CC[C@H](n2cnc3cncnc32)C1. The Hall–Kier alpha value is -0.950. The molecule has 1 N–H and O–H groups in total. The van der Waals surface area contributed by atoms with E-state index in [-0.39, 0.29) is 12.5 Å². The Morgan fingerprint density at radius 2 is 2.35 bits per heavy atom. The lowest BCUT2D eigenvalue weighted by Gasteiger charge is -2.14. The molecule has 3 atom stereocenters. The summed E-state index contributed by atoms with van der Waals surface area (Å²) in [4.78, 5) is 21.5. The van der Waals surface area contributed by atoms with Gasteiger partial charge in [0.05, 0.1) is 19.1 Å². The van der Waals surface area contributed by atoms with Crippen LogP contribution < -0.4 is 0 Å². The van der Waals surface area contributed by atoms with Crippen LogP contribution in [0.5, 0.6) is 0 Å². The largest absolute Gasteiger partial charge is 0.383 e. The minimum absolute atomic E-state index is 0.256. The van der Waals surface area contributed by atoms with E-state index in [0.717, 1.165) is 30.4 Å². The maximum atomic E-state index is 11.0. The molecule has 108 valence electrons. The van der Waals surface area contributed by atoms with Gasteiger partial charge in [-0.15, -0.1) is 0 Å². The predicted molar refractivity (Wildman–Crippen MR) is 76.5 cm³/mol. The lowest BCUT2D eigenvalue weighted by atomic mass is 10.1. The number of nitrogens with zero attached hydrogens (tertiary/aromatic N) is 4. The zero-order chi connectivity index (χ0) is 14.2. The average molecular weight is 314 g/mol. The van der Waals surface area contributed by atoms with Gasteiger partial charge in [0, 0.05) is 6.04 Å². The van der Waals surface area contributed by atoms with Gasteiger partial charge < -0.3 is 14.0 Å². The smallest absolute Gasteiger partial charge is 0.317 e. The first-order chi connectivity index (χ1) is 9.53. The van der Waals surface area contributed by atoms with E-state index in [9.17, 15) is 4.57 Å². The van der Waals surface area contributed by atoms with Crippen molar-refractivity contribution in [2.75, 3.05) is 6.61 Å². The summed E-state index contributed by atoms with van der Waals surface area (Å²) in [6, 6.07) is 0.293. The number of hydrogen-bond donors (Lipinski definition) is 2. The van der Waals surface area contributed by atoms with Gasteiger partial charge in [-0.3, -0.25) is 0 Å².